The summed E-state index contributed by atoms with van der Waals surface area (Å²) in [6, 6.07) is 6.38. The zero-order valence-electron chi connectivity index (χ0n) is 19.4. The van der Waals surface area contributed by atoms with Crippen LogP contribution < -0.4 is 10.7 Å². The fourth-order valence-electron chi connectivity index (χ4n) is 4.13. The second kappa shape index (κ2) is 8.06. The van der Waals surface area contributed by atoms with E-state index in [4.69, 9.17) is 4.42 Å². The van der Waals surface area contributed by atoms with E-state index in [1.807, 2.05) is 31.4 Å². The molecule has 0 unspecified atom stereocenters. The molecule has 0 spiro atoms. The molecule has 4 aromatic rings. The highest BCUT2D eigenvalue weighted by Gasteiger charge is 2.30. The van der Waals surface area contributed by atoms with Gasteiger partial charge in [0.05, 0.1) is 16.1 Å². The Labute approximate surface area is 196 Å². The lowest BCUT2D eigenvalue weighted by Crippen LogP contribution is -2.49. The molecule has 0 amide bonds. The van der Waals surface area contributed by atoms with Gasteiger partial charge in [0.2, 0.25) is 10.0 Å². The molecule has 0 aliphatic carbocycles. The van der Waals surface area contributed by atoms with Gasteiger partial charge in [-0.3, -0.25) is 9.13 Å². The van der Waals surface area contributed by atoms with E-state index < -0.39 is 15.8 Å². The molecule has 4 heterocycles. The van der Waals surface area contributed by atoms with Crippen LogP contribution in [0.25, 0.3) is 16.9 Å². The van der Waals surface area contributed by atoms with Crippen molar-refractivity contribution in [1.82, 2.24) is 28.4 Å². The van der Waals surface area contributed by atoms with E-state index in [1.165, 1.54) is 27.1 Å². The molecule has 0 saturated carbocycles. The third kappa shape index (κ3) is 3.68. The van der Waals surface area contributed by atoms with E-state index in [0.717, 1.165) is 23.0 Å². The van der Waals surface area contributed by atoms with Gasteiger partial charge in [-0.05, 0) is 39.0 Å². The zero-order chi connectivity index (χ0) is 24.2. The van der Waals surface area contributed by atoms with Crippen molar-refractivity contribution in [1.29, 1.82) is 0 Å². The number of benzene rings is 1. The molecule has 1 aliphatic rings. The van der Waals surface area contributed by atoms with Gasteiger partial charge >= 0.3 is 5.76 Å². The highest BCUT2D eigenvalue weighted by molar-refractivity contribution is 7.89. The summed E-state index contributed by atoms with van der Waals surface area (Å²) in [7, 11) is -2.17. The number of oxazole rings is 1. The van der Waals surface area contributed by atoms with Gasteiger partial charge < -0.3 is 9.32 Å². The molecule has 3 aromatic heterocycles. The van der Waals surface area contributed by atoms with Crippen molar-refractivity contribution in [2.24, 2.45) is 7.05 Å². The molecule has 1 saturated heterocycles. The van der Waals surface area contributed by atoms with Crippen molar-refractivity contribution < 1.29 is 12.8 Å². The average Bonchev–Trinajstić information content (AvgIpc) is 3.31. The minimum absolute atomic E-state index is 0.135. The quantitative estimate of drug-likeness (QED) is 0.429. The van der Waals surface area contributed by atoms with E-state index in [0.29, 0.717) is 43.1 Å². The Bertz CT molecular complexity index is 1560. The second-order valence-electron chi connectivity index (χ2n) is 8.36. The summed E-state index contributed by atoms with van der Waals surface area (Å²) in [4.78, 5) is 27.4. The Hall–Kier alpha value is -3.51. The first-order valence-corrected chi connectivity index (χ1v) is 12.3. The van der Waals surface area contributed by atoms with Gasteiger partial charge in [0, 0.05) is 45.0 Å². The summed E-state index contributed by atoms with van der Waals surface area (Å²) in [5.41, 5.74) is 2.74. The maximum atomic E-state index is 13.3. The summed E-state index contributed by atoms with van der Waals surface area (Å²) in [5.74, 6) is 1.58. The molecule has 0 bridgehead atoms. The summed E-state index contributed by atoms with van der Waals surface area (Å²) < 4.78 is 36.3. The normalized spacial score (nSPS) is 15.4. The first-order valence-electron chi connectivity index (χ1n) is 10.9. The van der Waals surface area contributed by atoms with Crippen molar-refractivity contribution >= 4 is 26.9 Å². The topological polar surface area (TPSA) is 119 Å². The van der Waals surface area contributed by atoms with Crippen LogP contribution in [-0.2, 0) is 17.1 Å². The average molecular weight is 484 g/mol. The number of hydrogen-bond donors (Lipinski definition) is 0. The molecule has 1 fully saturated rings. The minimum Gasteiger partial charge on any atom is -0.408 e. The molecule has 0 atom stereocenters. The van der Waals surface area contributed by atoms with Crippen molar-refractivity contribution in [2.75, 3.05) is 31.1 Å². The van der Waals surface area contributed by atoms with Crippen LogP contribution in [-0.4, -0.2) is 63.0 Å². The molecule has 11 nitrogen and oxygen atoms in total. The van der Waals surface area contributed by atoms with Crippen LogP contribution in [0.15, 0.2) is 44.7 Å². The van der Waals surface area contributed by atoms with E-state index in [2.05, 4.69) is 19.9 Å². The van der Waals surface area contributed by atoms with Crippen LogP contribution in [0.3, 0.4) is 0 Å². The van der Waals surface area contributed by atoms with E-state index in [9.17, 15) is 13.2 Å². The number of anilines is 1. The molecular weight excluding hydrogens is 458 g/mol. The van der Waals surface area contributed by atoms with Crippen molar-refractivity contribution in [3.63, 3.8) is 0 Å². The summed E-state index contributed by atoms with van der Waals surface area (Å²) in [6.07, 6.45) is 1.74. The SMILES string of the molecule is Cc1nc(N2CCN(S(=O)(=O)c3ccc4oc(=O)n(C)c4c3)CC2)cc(-n2cnc(C)c2C)n1. The number of imidazole rings is 1. The number of fused-ring (bicyclic) bond motifs is 1. The zero-order valence-corrected chi connectivity index (χ0v) is 20.2. The van der Waals surface area contributed by atoms with Gasteiger partial charge in [0.25, 0.3) is 0 Å². The number of piperazine rings is 1. The molecule has 5 rings (SSSR count). The van der Waals surface area contributed by atoms with Crippen LogP contribution in [0.4, 0.5) is 5.82 Å². The minimum atomic E-state index is -3.72. The number of nitrogens with zero attached hydrogens (tertiary/aromatic N) is 7. The highest BCUT2D eigenvalue weighted by Crippen LogP contribution is 2.24. The maximum Gasteiger partial charge on any atom is 0.419 e. The molecule has 1 aliphatic heterocycles. The molecule has 178 valence electrons. The molecule has 34 heavy (non-hydrogen) atoms. The van der Waals surface area contributed by atoms with E-state index in [1.54, 1.807) is 13.4 Å². The van der Waals surface area contributed by atoms with Crippen LogP contribution in [0, 0.1) is 20.8 Å². The Morgan fingerprint density at radius 3 is 2.35 bits per heavy atom. The lowest BCUT2D eigenvalue weighted by molar-refractivity contribution is 0.383. The molecule has 12 heteroatoms. The van der Waals surface area contributed by atoms with Gasteiger partial charge in [-0.2, -0.15) is 4.31 Å². The van der Waals surface area contributed by atoms with Gasteiger partial charge in [-0.15, -0.1) is 0 Å². The van der Waals surface area contributed by atoms with Gasteiger partial charge in [-0.25, -0.2) is 28.2 Å². The van der Waals surface area contributed by atoms with Gasteiger partial charge in [0.1, 0.15) is 23.8 Å². The van der Waals surface area contributed by atoms with Crippen LogP contribution in [0.2, 0.25) is 0 Å². The highest BCUT2D eigenvalue weighted by atomic mass is 32.2. The second-order valence-corrected chi connectivity index (χ2v) is 10.3. The summed E-state index contributed by atoms with van der Waals surface area (Å²) in [5, 5.41) is 0. The first-order chi connectivity index (χ1) is 16.1. The summed E-state index contributed by atoms with van der Waals surface area (Å²) in [6.45, 7) is 7.38. The van der Waals surface area contributed by atoms with Crippen molar-refractivity contribution in [3.8, 4) is 5.82 Å². The third-order valence-electron chi connectivity index (χ3n) is 6.27. The fourth-order valence-corrected chi connectivity index (χ4v) is 5.57. The Morgan fingerprint density at radius 1 is 0.971 bits per heavy atom. The maximum absolute atomic E-state index is 13.3. The van der Waals surface area contributed by atoms with Crippen LogP contribution in [0.1, 0.15) is 17.2 Å². The standard InChI is InChI=1S/C22H25N7O4S/c1-14-15(2)29(13-23-14)21-12-20(24-16(3)25-21)27-7-9-28(10-8-27)34(31,32)17-5-6-19-18(11-17)26(4)22(30)33-19/h5-6,11-13H,7-10H2,1-4H3. The Balaban J connectivity index is 1.37. The fraction of sp³-hybridized carbons (Fsp3) is 0.364. The van der Waals surface area contributed by atoms with Gasteiger partial charge in [0.15, 0.2) is 5.58 Å². The first kappa shape index (κ1) is 22.3. The number of aromatic nitrogens is 5. The van der Waals surface area contributed by atoms with E-state index >= 15 is 0 Å². The Kier molecular flexibility index (Phi) is 5.29. The van der Waals surface area contributed by atoms with Crippen molar-refractivity contribution in [2.45, 2.75) is 25.7 Å². The number of sulfonamides is 1. The van der Waals surface area contributed by atoms with Crippen LogP contribution >= 0.6 is 0 Å². The predicted molar refractivity (Wildman–Crippen MR) is 126 cm³/mol. The monoisotopic (exact) mass is 483 g/mol. The Morgan fingerprint density at radius 2 is 1.68 bits per heavy atom. The summed E-state index contributed by atoms with van der Waals surface area (Å²) >= 11 is 0. The lowest BCUT2D eigenvalue weighted by atomic mass is 10.3. The molecule has 1 aromatic carbocycles. The molecular formula is C22H25N7O4S. The molecule has 0 radical (unpaired) electrons. The van der Waals surface area contributed by atoms with E-state index in [-0.39, 0.29) is 4.90 Å². The largest absolute Gasteiger partial charge is 0.419 e. The van der Waals surface area contributed by atoms with Crippen LogP contribution in [0.5, 0.6) is 0 Å². The van der Waals surface area contributed by atoms with Gasteiger partial charge in [-0.1, -0.05) is 0 Å². The van der Waals surface area contributed by atoms with Crippen molar-refractivity contribution in [3.05, 3.63) is 58.4 Å². The lowest BCUT2D eigenvalue weighted by Gasteiger charge is -2.34. The number of hydrogen-bond acceptors (Lipinski definition) is 8. The third-order valence-corrected chi connectivity index (χ3v) is 8.17. The number of aryl methyl sites for hydroxylation is 3. The molecule has 0 N–H and O–H groups in total. The smallest absolute Gasteiger partial charge is 0.408 e. The number of rotatable bonds is 4. The predicted octanol–water partition coefficient (Wildman–Crippen LogP) is 1.54.